The highest BCUT2D eigenvalue weighted by atomic mass is 79.9. The maximum atomic E-state index is 11.7. The molecule has 0 aromatic heterocycles. The molecule has 1 atom stereocenters. The molecule has 0 spiro atoms. The third-order valence-corrected chi connectivity index (χ3v) is 2.98. The molecular weight excluding hydrogens is 298 g/mol. The van der Waals surface area contributed by atoms with Crippen molar-refractivity contribution in [2.75, 3.05) is 13.7 Å². The highest BCUT2D eigenvalue weighted by Gasteiger charge is 2.15. The average Bonchev–Trinajstić information content (AvgIpc) is 2.38. The van der Waals surface area contributed by atoms with Crippen molar-refractivity contribution in [3.8, 4) is 11.5 Å². The molecule has 18 heavy (non-hydrogen) atoms. The van der Waals surface area contributed by atoms with E-state index in [1.807, 2.05) is 6.92 Å². The zero-order valence-electron chi connectivity index (χ0n) is 10.8. The van der Waals surface area contributed by atoms with Crippen molar-refractivity contribution in [3.63, 3.8) is 0 Å². The van der Waals surface area contributed by atoms with Crippen LogP contribution in [0.3, 0.4) is 0 Å². The number of rotatable bonds is 6. The number of methoxy groups -OCH3 is 1. The van der Waals surface area contributed by atoms with Crippen LogP contribution in [0.1, 0.15) is 20.3 Å². The van der Waals surface area contributed by atoms with E-state index in [0.717, 1.165) is 16.6 Å². The molecule has 0 saturated heterocycles. The lowest BCUT2D eigenvalue weighted by atomic mass is 10.3. The number of benzene rings is 1. The van der Waals surface area contributed by atoms with Crippen LogP contribution in [-0.2, 0) is 4.79 Å². The zero-order valence-corrected chi connectivity index (χ0v) is 12.4. The van der Waals surface area contributed by atoms with E-state index in [-0.39, 0.29) is 5.91 Å². The van der Waals surface area contributed by atoms with Crippen molar-refractivity contribution in [2.45, 2.75) is 26.4 Å². The van der Waals surface area contributed by atoms with E-state index in [1.165, 1.54) is 0 Å². The van der Waals surface area contributed by atoms with Gasteiger partial charge in [0.2, 0.25) is 0 Å². The van der Waals surface area contributed by atoms with Crippen LogP contribution in [0.15, 0.2) is 22.7 Å². The zero-order chi connectivity index (χ0) is 13.5. The Hall–Kier alpha value is -1.23. The molecular formula is C13H18BrNO3. The lowest BCUT2D eigenvalue weighted by Gasteiger charge is -2.15. The summed E-state index contributed by atoms with van der Waals surface area (Å²) >= 11 is 3.38. The van der Waals surface area contributed by atoms with Crippen molar-refractivity contribution in [2.24, 2.45) is 0 Å². The Kier molecular flexibility index (Phi) is 5.98. The molecule has 0 heterocycles. The fourth-order valence-electron chi connectivity index (χ4n) is 1.34. The molecule has 5 heteroatoms. The van der Waals surface area contributed by atoms with E-state index >= 15 is 0 Å². The Bertz CT molecular complexity index is 409. The molecule has 0 aliphatic rings. The van der Waals surface area contributed by atoms with E-state index in [2.05, 4.69) is 21.2 Å². The molecule has 1 amide bonds. The van der Waals surface area contributed by atoms with E-state index in [9.17, 15) is 4.79 Å². The highest BCUT2D eigenvalue weighted by molar-refractivity contribution is 9.10. The van der Waals surface area contributed by atoms with E-state index < -0.39 is 6.10 Å². The van der Waals surface area contributed by atoms with Gasteiger partial charge in [-0.3, -0.25) is 4.79 Å². The summed E-state index contributed by atoms with van der Waals surface area (Å²) in [6, 6.07) is 5.36. The number of halogens is 1. The summed E-state index contributed by atoms with van der Waals surface area (Å²) < 4.78 is 11.4. The van der Waals surface area contributed by atoms with Gasteiger partial charge in [-0.2, -0.15) is 0 Å². The molecule has 0 bridgehead atoms. The van der Waals surface area contributed by atoms with Crippen molar-refractivity contribution in [1.82, 2.24) is 5.32 Å². The first-order valence-corrected chi connectivity index (χ1v) is 6.65. The number of carbonyl (C=O) groups is 1. The summed E-state index contributed by atoms with van der Waals surface area (Å²) in [4.78, 5) is 11.7. The summed E-state index contributed by atoms with van der Waals surface area (Å²) in [5.74, 6) is 1.24. The van der Waals surface area contributed by atoms with E-state index in [1.54, 1.807) is 32.2 Å². The molecule has 1 aromatic rings. The Morgan fingerprint density at radius 3 is 2.78 bits per heavy atom. The van der Waals surface area contributed by atoms with Crippen LogP contribution < -0.4 is 14.8 Å². The Morgan fingerprint density at radius 2 is 2.22 bits per heavy atom. The van der Waals surface area contributed by atoms with Crippen LogP contribution in [0, 0.1) is 0 Å². The summed E-state index contributed by atoms with van der Waals surface area (Å²) in [7, 11) is 1.60. The summed E-state index contributed by atoms with van der Waals surface area (Å²) in [6.45, 7) is 4.39. The smallest absolute Gasteiger partial charge is 0.260 e. The van der Waals surface area contributed by atoms with Gasteiger partial charge in [0.05, 0.1) is 11.6 Å². The molecule has 1 unspecified atom stereocenters. The van der Waals surface area contributed by atoms with Crippen LogP contribution in [0.5, 0.6) is 11.5 Å². The van der Waals surface area contributed by atoms with Gasteiger partial charge in [0, 0.05) is 6.54 Å². The Labute approximate surface area is 116 Å². The Morgan fingerprint density at radius 1 is 1.50 bits per heavy atom. The Balaban J connectivity index is 2.64. The standard InChI is InChI=1S/C13H18BrNO3/c1-4-7-15-13(16)9(2)18-12-6-5-10(17-3)8-11(12)14/h5-6,8-9H,4,7H2,1-3H3,(H,15,16). The van der Waals surface area contributed by atoms with Crippen molar-refractivity contribution in [3.05, 3.63) is 22.7 Å². The molecule has 0 radical (unpaired) electrons. The van der Waals surface area contributed by atoms with Gasteiger partial charge < -0.3 is 14.8 Å². The normalized spacial score (nSPS) is 11.8. The lowest BCUT2D eigenvalue weighted by molar-refractivity contribution is -0.127. The largest absolute Gasteiger partial charge is 0.497 e. The number of nitrogens with one attached hydrogen (secondary N) is 1. The van der Waals surface area contributed by atoms with Gasteiger partial charge in [-0.1, -0.05) is 6.92 Å². The highest BCUT2D eigenvalue weighted by Crippen LogP contribution is 2.29. The van der Waals surface area contributed by atoms with Gasteiger partial charge in [-0.15, -0.1) is 0 Å². The predicted octanol–water partition coefficient (Wildman–Crippen LogP) is 2.75. The minimum atomic E-state index is -0.527. The number of carbonyl (C=O) groups excluding carboxylic acids is 1. The summed E-state index contributed by atoms with van der Waals surface area (Å²) in [6.07, 6.45) is 0.381. The minimum Gasteiger partial charge on any atom is -0.497 e. The van der Waals surface area contributed by atoms with Crippen LogP contribution in [0.2, 0.25) is 0 Å². The third kappa shape index (κ3) is 4.22. The van der Waals surface area contributed by atoms with Gasteiger partial charge in [0.15, 0.2) is 6.10 Å². The predicted molar refractivity (Wildman–Crippen MR) is 74.1 cm³/mol. The number of hydrogen-bond acceptors (Lipinski definition) is 3. The van der Waals surface area contributed by atoms with Crippen molar-refractivity contribution >= 4 is 21.8 Å². The monoisotopic (exact) mass is 315 g/mol. The number of ether oxygens (including phenoxy) is 2. The topological polar surface area (TPSA) is 47.6 Å². The maximum absolute atomic E-state index is 11.7. The number of hydrogen-bond donors (Lipinski definition) is 1. The molecule has 0 aliphatic carbocycles. The quantitative estimate of drug-likeness (QED) is 0.878. The first kappa shape index (κ1) is 14.8. The van der Waals surface area contributed by atoms with Gasteiger partial charge in [0.25, 0.3) is 5.91 Å². The second kappa shape index (κ2) is 7.26. The first-order valence-electron chi connectivity index (χ1n) is 5.86. The maximum Gasteiger partial charge on any atom is 0.260 e. The lowest BCUT2D eigenvalue weighted by Crippen LogP contribution is -2.36. The fourth-order valence-corrected chi connectivity index (χ4v) is 1.79. The van der Waals surface area contributed by atoms with Crippen molar-refractivity contribution < 1.29 is 14.3 Å². The van der Waals surface area contributed by atoms with Gasteiger partial charge in [-0.05, 0) is 47.5 Å². The molecule has 1 rings (SSSR count). The van der Waals surface area contributed by atoms with Gasteiger partial charge in [-0.25, -0.2) is 0 Å². The fraction of sp³-hybridized carbons (Fsp3) is 0.462. The molecule has 1 aromatic carbocycles. The van der Waals surface area contributed by atoms with Crippen LogP contribution in [-0.4, -0.2) is 25.7 Å². The van der Waals surface area contributed by atoms with Crippen LogP contribution >= 0.6 is 15.9 Å². The van der Waals surface area contributed by atoms with Gasteiger partial charge >= 0.3 is 0 Å². The summed E-state index contributed by atoms with van der Waals surface area (Å²) in [5, 5.41) is 2.79. The second-order valence-electron chi connectivity index (χ2n) is 3.85. The molecule has 4 nitrogen and oxygen atoms in total. The molecule has 0 fully saturated rings. The molecule has 100 valence electrons. The van der Waals surface area contributed by atoms with Crippen LogP contribution in [0.25, 0.3) is 0 Å². The van der Waals surface area contributed by atoms with Gasteiger partial charge in [0.1, 0.15) is 11.5 Å². The van der Waals surface area contributed by atoms with E-state index in [0.29, 0.717) is 12.3 Å². The second-order valence-corrected chi connectivity index (χ2v) is 4.70. The first-order chi connectivity index (χ1) is 8.58. The van der Waals surface area contributed by atoms with E-state index in [4.69, 9.17) is 9.47 Å². The van der Waals surface area contributed by atoms with Crippen LogP contribution in [0.4, 0.5) is 0 Å². The molecule has 1 N–H and O–H groups in total. The average molecular weight is 316 g/mol. The summed E-state index contributed by atoms with van der Waals surface area (Å²) in [5.41, 5.74) is 0. The third-order valence-electron chi connectivity index (χ3n) is 2.36. The minimum absolute atomic E-state index is 0.112. The molecule has 0 saturated carbocycles. The number of amides is 1. The molecule has 0 aliphatic heterocycles. The van der Waals surface area contributed by atoms with Crippen molar-refractivity contribution in [1.29, 1.82) is 0 Å². The SMILES string of the molecule is CCCNC(=O)C(C)Oc1ccc(OC)cc1Br.